The Bertz CT molecular complexity index is 729. The highest BCUT2D eigenvalue weighted by molar-refractivity contribution is 9.11. The van der Waals surface area contributed by atoms with Crippen LogP contribution >= 0.6 is 27.7 Å². The molecule has 128 valence electrons. The van der Waals surface area contributed by atoms with Crippen molar-refractivity contribution in [2.75, 3.05) is 5.75 Å². The fourth-order valence-electron chi connectivity index (χ4n) is 2.85. The zero-order chi connectivity index (χ0) is 17.5. The van der Waals surface area contributed by atoms with E-state index in [0.717, 1.165) is 22.3 Å². The molecule has 7 heteroatoms. The number of carbonyl (C=O) groups excluding carboxylic acids is 1. The first-order chi connectivity index (χ1) is 11.3. The molecular weight excluding hydrogens is 403 g/mol. The van der Waals surface area contributed by atoms with E-state index in [9.17, 15) is 18.0 Å². The third-order valence-electron chi connectivity index (χ3n) is 4.10. The van der Waals surface area contributed by atoms with E-state index in [4.69, 9.17) is 0 Å². The van der Waals surface area contributed by atoms with Crippen molar-refractivity contribution in [1.82, 2.24) is 4.90 Å². The van der Waals surface area contributed by atoms with Crippen molar-refractivity contribution in [2.24, 2.45) is 5.92 Å². The summed E-state index contributed by atoms with van der Waals surface area (Å²) in [6.45, 7) is 2.04. The van der Waals surface area contributed by atoms with Gasteiger partial charge in [0.15, 0.2) is 0 Å². The second kappa shape index (κ2) is 6.59. The molecule has 1 fully saturated rings. The van der Waals surface area contributed by atoms with Gasteiger partial charge < -0.3 is 0 Å². The second-order valence-electron chi connectivity index (χ2n) is 5.87. The lowest BCUT2D eigenvalue weighted by atomic mass is 9.99. The largest absolute Gasteiger partial charge is 0.416 e. The Morgan fingerprint density at radius 2 is 2.04 bits per heavy atom. The van der Waals surface area contributed by atoms with Crippen LogP contribution < -0.4 is 0 Å². The second-order valence-corrected chi connectivity index (χ2v) is 7.85. The van der Waals surface area contributed by atoms with Gasteiger partial charge in [-0.2, -0.15) is 13.2 Å². The molecular formula is C17H15BrF3NOS. The highest BCUT2D eigenvalue weighted by Crippen LogP contribution is 2.45. The number of nitrogens with zero attached hydrogens (tertiary/aromatic N) is 1. The van der Waals surface area contributed by atoms with Crippen LogP contribution in [0.4, 0.5) is 13.2 Å². The number of carbonyl (C=O) groups is 1. The number of hydrogen-bond donors (Lipinski definition) is 0. The highest BCUT2D eigenvalue weighted by Gasteiger charge is 2.38. The van der Waals surface area contributed by atoms with Crippen molar-refractivity contribution in [3.05, 3.63) is 57.7 Å². The molecule has 1 saturated heterocycles. The molecule has 1 aromatic rings. The Labute approximate surface area is 150 Å². The Morgan fingerprint density at radius 1 is 1.29 bits per heavy atom. The van der Waals surface area contributed by atoms with Crippen LogP contribution in [0.25, 0.3) is 0 Å². The summed E-state index contributed by atoms with van der Waals surface area (Å²) in [6.07, 6.45) is 0.0661. The van der Waals surface area contributed by atoms with Gasteiger partial charge in [0.2, 0.25) is 5.91 Å². The van der Waals surface area contributed by atoms with Gasteiger partial charge in [-0.05, 0) is 40.6 Å². The molecule has 0 aromatic heterocycles. The summed E-state index contributed by atoms with van der Waals surface area (Å²) in [7, 11) is 0. The number of allylic oxidation sites excluding steroid dienone is 4. The predicted octanol–water partition coefficient (Wildman–Crippen LogP) is 5.48. The van der Waals surface area contributed by atoms with Gasteiger partial charge in [0.1, 0.15) is 5.37 Å². The SMILES string of the molecule is CC1CC(N2C(=O)CSC2c2cccc(C(F)(F)F)c2)=CC=C1Br. The van der Waals surface area contributed by atoms with Gasteiger partial charge in [0, 0.05) is 5.70 Å². The van der Waals surface area contributed by atoms with E-state index in [1.165, 1.54) is 17.8 Å². The Balaban J connectivity index is 1.95. The van der Waals surface area contributed by atoms with Crippen LogP contribution in [0, 0.1) is 5.92 Å². The van der Waals surface area contributed by atoms with Crippen LogP contribution in [0.1, 0.15) is 29.8 Å². The standard InChI is InChI=1S/C17H15BrF3NOS/c1-10-7-13(5-6-14(10)18)22-15(23)9-24-16(22)11-3-2-4-12(8-11)17(19,20)21/h2-6,8,10,16H,7,9H2,1H3. The summed E-state index contributed by atoms with van der Waals surface area (Å²) in [4.78, 5) is 14.0. The van der Waals surface area contributed by atoms with Gasteiger partial charge >= 0.3 is 6.18 Å². The maximum absolute atomic E-state index is 13.0. The minimum atomic E-state index is -4.39. The number of thioether (sulfide) groups is 1. The Kier molecular flexibility index (Phi) is 4.84. The maximum Gasteiger partial charge on any atom is 0.416 e. The number of halogens is 4. The van der Waals surface area contributed by atoms with Crippen molar-refractivity contribution in [3.63, 3.8) is 0 Å². The smallest absolute Gasteiger partial charge is 0.299 e. The summed E-state index contributed by atoms with van der Waals surface area (Å²) < 4.78 is 40.0. The lowest BCUT2D eigenvalue weighted by Gasteiger charge is -2.30. The molecule has 2 aliphatic rings. The van der Waals surface area contributed by atoms with Gasteiger partial charge in [-0.25, -0.2) is 0 Å². The van der Waals surface area contributed by atoms with Gasteiger partial charge in [-0.3, -0.25) is 9.69 Å². The molecule has 2 nitrogen and oxygen atoms in total. The summed E-state index contributed by atoms with van der Waals surface area (Å²) in [5.41, 5.74) is 0.666. The quantitative estimate of drug-likeness (QED) is 0.634. The van der Waals surface area contributed by atoms with E-state index in [0.29, 0.717) is 12.0 Å². The average Bonchev–Trinajstić information content (AvgIpc) is 2.91. The topological polar surface area (TPSA) is 20.3 Å². The molecule has 0 bridgehead atoms. The van der Waals surface area contributed by atoms with E-state index in [1.807, 2.05) is 19.1 Å². The third kappa shape index (κ3) is 3.42. The van der Waals surface area contributed by atoms with Crippen LogP contribution in [0.15, 0.2) is 46.6 Å². The molecule has 2 atom stereocenters. The van der Waals surface area contributed by atoms with E-state index < -0.39 is 17.1 Å². The molecule has 0 radical (unpaired) electrons. The van der Waals surface area contributed by atoms with E-state index in [-0.39, 0.29) is 17.6 Å². The molecule has 2 unspecified atom stereocenters. The van der Waals surface area contributed by atoms with Crippen molar-refractivity contribution in [1.29, 1.82) is 0 Å². The zero-order valence-electron chi connectivity index (χ0n) is 12.8. The summed E-state index contributed by atoms with van der Waals surface area (Å²) in [6, 6.07) is 5.24. The molecule has 0 saturated carbocycles. The molecule has 3 rings (SSSR count). The molecule has 1 amide bonds. The van der Waals surface area contributed by atoms with Crippen LogP contribution in [-0.4, -0.2) is 16.6 Å². The Morgan fingerprint density at radius 3 is 2.71 bits per heavy atom. The van der Waals surface area contributed by atoms with Crippen molar-refractivity contribution in [2.45, 2.75) is 24.9 Å². The molecule has 1 heterocycles. The summed E-state index contributed by atoms with van der Waals surface area (Å²) >= 11 is 4.84. The molecule has 1 aromatic carbocycles. The number of alkyl halides is 3. The minimum Gasteiger partial charge on any atom is -0.299 e. The molecule has 24 heavy (non-hydrogen) atoms. The number of amides is 1. The lowest BCUT2D eigenvalue weighted by Crippen LogP contribution is -2.29. The predicted molar refractivity (Wildman–Crippen MR) is 92.4 cm³/mol. The van der Waals surface area contributed by atoms with Gasteiger partial charge in [-0.15, -0.1) is 11.8 Å². The van der Waals surface area contributed by atoms with Crippen molar-refractivity contribution >= 4 is 33.6 Å². The Hall–Kier alpha value is -1.21. The van der Waals surface area contributed by atoms with Crippen LogP contribution in [-0.2, 0) is 11.0 Å². The highest BCUT2D eigenvalue weighted by atomic mass is 79.9. The van der Waals surface area contributed by atoms with Crippen LogP contribution in [0.2, 0.25) is 0 Å². The molecule has 1 aliphatic carbocycles. The first kappa shape index (κ1) is 17.6. The molecule has 0 N–H and O–H groups in total. The van der Waals surface area contributed by atoms with Gasteiger partial charge in [0.05, 0.1) is 11.3 Å². The van der Waals surface area contributed by atoms with Crippen molar-refractivity contribution in [3.8, 4) is 0 Å². The van der Waals surface area contributed by atoms with E-state index in [1.54, 1.807) is 11.0 Å². The fraction of sp³-hybridized carbons (Fsp3) is 0.353. The summed E-state index contributed by atoms with van der Waals surface area (Å²) in [5.74, 6) is 0.454. The van der Waals surface area contributed by atoms with Gasteiger partial charge in [0.25, 0.3) is 0 Å². The number of hydrogen-bond acceptors (Lipinski definition) is 2. The number of rotatable bonds is 2. The molecule has 1 aliphatic heterocycles. The average molecular weight is 418 g/mol. The fourth-order valence-corrected chi connectivity index (χ4v) is 4.32. The van der Waals surface area contributed by atoms with E-state index >= 15 is 0 Å². The first-order valence-corrected chi connectivity index (χ1v) is 9.28. The van der Waals surface area contributed by atoms with Crippen molar-refractivity contribution < 1.29 is 18.0 Å². The maximum atomic E-state index is 13.0. The van der Waals surface area contributed by atoms with Crippen LogP contribution in [0.5, 0.6) is 0 Å². The minimum absolute atomic E-state index is 0.0627. The lowest BCUT2D eigenvalue weighted by molar-refractivity contribution is -0.137. The normalized spacial score (nSPS) is 24.9. The molecule has 0 spiro atoms. The number of benzene rings is 1. The van der Waals surface area contributed by atoms with Crippen LogP contribution in [0.3, 0.4) is 0 Å². The first-order valence-electron chi connectivity index (χ1n) is 7.44. The third-order valence-corrected chi connectivity index (χ3v) is 6.36. The zero-order valence-corrected chi connectivity index (χ0v) is 15.2. The summed E-state index contributed by atoms with van der Waals surface area (Å²) in [5, 5.41) is -0.413. The van der Waals surface area contributed by atoms with E-state index in [2.05, 4.69) is 15.9 Å². The monoisotopic (exact) mass is 417 g/mol. The van der Waals surface area contributed by atoms with Gasteiger partial charge in [-0.1, -0.05) is 41.1 Å².